The Hall–Kier alpha value is -0.830. The van der Waals surface area contributed by atoms with Crippen LogP contribution in [0.1, 0.15) is 66.2 Å². The number of carbonyl (C=O) groups is 1. The van der Waals surface area contributed by atoms with E-state index in [2.05, 4.69) is 13.5 Å². The van der Waals surface area contributed by atoms with Crippen molar-refractivity contribution in [3.8, 4) is 0 Å². The van der Waals surface area contributed by atoms with Crippen molar-refractivity contribution < 1.29 is 9.53 Å². The first-order chi connectivity index (χ1) is 8.28. The van der Waals surface area contributed by atoms with Crippen molar-refractivity contribution in [1.29, 1.82) is 0 Å². The molecule has 2 N–H and O–H groups in total. The van der Waals surface area contributed by atoms with Gasteiger partial charge in [0.1, 0.15) is 11.6 Å². The topological polar surface area (TPSA) is 52.3 Å². The molecule has 0 spiro atoms. The van der Waals surface area contributed by atoms with Crippen molar-refractivity contribution in [3.05, 3.63) is 12.2 Å². The summed E-state index contributed by atoms with van der Waals surface area (Å²) < 4.78 is 5.24. The molecule has 1 atom stereocenters. The maximum atomic E-state index is 11.7. The molecular weight excluding hydrogens is 226 g/mol. The zero-order valence-corrected chi connectivity index (χ0v) is 12.4. The number of rotatable bonds is 8. The molecule has 3 heteroatoms. The summed E-state index contributed by atoms with van der Waals surface area (Å²) in [6.45, 7) is 11.6. The minimum absolute atomic E-state index is 0.374. The minimum atomic E-state index is -0.685. The lowest BCUT2D eigenvalue weighted by atomic mass is 10.0. The van der Waals surface area contributed by atoms with Gasteiger partial charge in [0.2, 0.25) is 0 Å². The van der Waals surface area contributed by atoms with Gasteiger partial charge in [0.15, 0.2) is 0 Å². The number of ether oxygens (including phenoxy) is 1. The monoisotopic (exact) mass is 255 g/mol. The van der Waals surface area contributed by atoms with Gasteiger partial charge in [-0.3, -0.25) is 0 Å². The van der Waals surface area contributed by atoms with Gasteiger partial charge in [-0.05, 0) is 39.2 Å². The maximum Gasteiger partial charge on any atom is 0.327 e. The van der Waals surface area contributed by atoms with Gasteiger partial charge in [-0.15, -0.1) is 0 Å². The first-order valence-electron chi connectivity index (χ1n) is 6.94. The Bertz CT molecular complexity index is 266. The lowest BCUT2D eigenvalue weighted by molar-refractivity contribution is -0.155. The van der Waals surface area contributed by atoms with E-state index in [-0.39, 0.29) is 5.97 Å². The first-order valence-corrected chi connectivity index (χ1v) is 6.94. The second kappa shape index (κ2) is 8.30. The van der Waals surface area contributed by atoms with E-state index >= 15 is 0 Å². The largest absolute Gasteiger partial charge is 0.459 e. The van der Waals surface area contributed by atoms with Gasteiger partial charge in [0, 0.05) is 0 Å². The van der Waals surface area contributed by atoms with Gasteiger partial charge in [0.25, 0.3) is 0 Å². The highest BCUT2D eigenvalue weighted by Crippen LogP contribution is 2.15. The van der Waals surface area contributed by atoms with E-state index in [4.69, 9.17) is 10.5 Å². The van der Waals surface area contributed by atoms with Crippen LogP contribution in [0.2, 0.25) is 0 Å². The third-order valence-electron chi connectivity index (χ3n) is 2.70. The number of esters is 1. The Balaban J connectivity index is 3.92. The molecule has 0 saturated heterocycles. The molecule has 0 amide bonds. The number of hydrogen-bond acceptors (Lipinski definition) is 3. The standard InChI is InChI=1S/C15H29NO2/c1-6-7-8-9-10-11-12(2)13(16)14(17)18-15(3,4)5/h13H,2,6-11,16H2,1,3-5H3. The minimum Gasteiger partial charge on any atom is -0.459 e. The van der Waals surface area contributed by atoms with Gasteiger partial charge in [-0.25, -0.2) is 4.79 Å². The summed E-state index contributed by atoms with van der Waals surface area (Å²) in [4.78, 5) is 11.7. The molecule has 106 valence electrons. The molecule has 0 aromatic rings. The molecule has 0 aromatic carbocycles. The fourth-order valence-electron chi connectivity index (χ4n) is 1.64. The highest BCUT2D eigenvalue weighted by atomic mass is 16.6. The lowest BCUT2D eigenvalue weighted by Gasteiger charge is -2.23. The number of unbranched alkanes of at least 4 members (excludes halogenated alkanes) is 4. The lowest BCUT2D eigenvalue weighted by Crippen LogP contribution is -2.38. The van der Waals surface area contributed by atoms with Gasteiger partial charge >= 0.3 is 5.97 Å². The zero-order chi connectivity index (χ0) is 14.2. The predicted octanol–water partition coefficient (Wildman–Crippen LogP) is 3.57. The van der Waals surface area contributed by atoms with Crippen LogP contribution in [0.3, 0.4) is 0 Å². The predicted molar refractivity (Wildman–Crippen MR) is 76.3 cm³/mol. The van der Waals surface area contributed by atoms with Crippen molar-refractivity contribution in [1.82, 2.24) is 0 Å². The Morgan fingerprint density at radius 2 is 1.78 bits per heavy atom. The quantitative estimate of drug-likeness (QED) is 0.410. The van der Waals surface area contributed by atoms with Crippen molar-refractivity contribution in [2.75, 3.05) is 0 Å². The number of hydrogen-bond donors (Lipinski definition) is 1. The highest BCUT2D eigenvalue weighted by Gasteiger charge is 2.23. The summed E-state index contributed by atoms with van der Waals surface area (Å²) in [5.41, 5.74) is 6.12. The van der Waals surface area contributed by atoms with Gasteiger partial charge in [-0.2, -0.15) is 0 Å². The summed E-state index contributed by atoms with van der Waals surface area (Å²) >= 11 is 0. The van der Waals surface area contributed by atoms with E-state index in [0.717, 1.165) is 18.4 Å². The van der Waals surface area contributed by atoms with E-state index in [1.165, 1.54) is 25.7 Å². The average Bonchev–Trinajstić information content (AvgIpc) is 2.25. The maximum absolute atomic E-state index is 11.7. The van der Waals surface area contributed by atoms with Crippen LogP contribution >= 0.6 is 0 Å². The molecule has 0 aliphatic heterocycles. The Morgan fingerprint density at radius 1 is 1.22 bits per heavy atom. The SMILES string of the molecule is C=C(CCCCCCC)C(N)C(=O)OC(C)(C)C. The second-order valence-electron chi connectivity index (χ2n) is 5.83. The molecule has 0 heterocycles. The van der Waals surface area contributed by atoms with Crippen molar-refractivity contribution in [2.45, 2.75) is 77.9 Å². The molecule has 0 aliphatic carbocycles. The van der Waals surface area contributed by atoms with E-state index in [1.54, 1.807) is 0 Å². The van der Waals surface area contributed by atoms with Gasteiger partial charge in [0.05, 0.1) is 0 Å². The molecule has 0 bridgehead atoms. The van der Waals surface area contributed by atoms with Crippen LogP contribution in [0.25, 0.3) is 0 Å². The number of carbonyl (C=O) groups excluding carboxylic acids is 1. The van der Waals surface area contributed by atoms with Crippen molar-refractivity contribution in [3.63, 3.8) is 0 Å². The fourth-order valence-corrected chi connectivity index (χ4v) is 1.64. The molecule has 0 rings (SSSR count). The number of nitrogens with two attached hydrogens (primary N) is 1. The summed E-state index contributed by atoms with van der Waals surface area (Å²) in [5, 5.41) is 0. The molecule has 1 unspecified atom stereocenters. The van der Waals surface area contributed by atoms with Gasteiger partial charge in [-0.1, -0.05) is 39.2 Å². The van der Waals surface area contributed by atoms with Crippen LogP contribution in [0.15, 0.2) is 12.2 Å². The van der Waals surface area contributed by atoms with Crippen LogP contribution in [0.4, 0.5) is 0 Å². The Labute approximate surface area is 112 Å². The van der Waals surface area contributed by atoms with Crippen LogP contribution in [0, 0.1) is 0 Å². The molecular formula is C15H29NO2. The van der Waals surface area contributed by atoms with Crippen LogP contribution in [-0.2, 0) is 9.53 Å². The zero-order valence-electron chi connectivity index (χ0n) is 12.4. The Morgan fingerprint density at radius 3 is 2.28 bits per heavy atom. The third kappa shape index (κ3) is 8.29. The summed E-state index contributed by atoms with van der Waals surface area (Å²) in [6.07, 6.45) is 6.78. The molecule has 0 fully saturated rings. The molecule has 3 nitrogen and oxygen atoms in total. The van der Waals surface area contributed by atoms with Gasteiger partial charge < -0.3 is 10.5 Å². The van der Waals surface area contributed by atoms with E-state index in [1.807, 2.05) is 20.8 Å². The van der Waals surface area contributed by atoms with Crippen LogP contribution < -0.4 is 5.73 Å². The summed E-state index contributed by atoms with van der Waals surface area (Å²) in [5.74, 6) is -0.374. The van der Waals surface area contributed by atoms with Crippen molar-refractivity contribution in [2.24, 2.45) is 5.73 Å². The molecule has 0 saturated carbocycles. The molecule has 0 aliphatic rings. The Kier molecular flexibility index (Phi) is 7.92. The molecule has 0 aromatic heterocycles. The average molecular weight is 255 g/mol. The highest BCUT2D eigenvalue weighted by molar-refractivity contribution is 5.79. The summed E-state index contributed by atoms with van der Waals surface area (Å²) in [7, 11) is 0. The first kappa shape index (κ1) is 17.2. The third-order valence-corrected chi connectivity index (χ3v) is 2.70. The smallest absolute Gasteiger partial charge is 0.327 e. The van der Waals surface area contributed by atoms with Crippen molar-refractivity contribution >= 4 is 5.97 Å². The van der Waals surface area contributed by atoms with E-state index in [9.17, 15) is 4.79 Å². The molecule has 0 radical (unpaired) electrons. The molecule has 18 heavy (non-hydrogen) atoms. The van der Waals surface area contributed by atoms with Crippen LogP contribution in [0.5, 0.6) is 0 Å². The fraction of sp³-hybridized carbons (Fsp3) is 0.800. The second-order valence-corrected chi connectivity index (χ2v) is 5.83. The van der Waals surface area contributed by atoms with E-state index in [0.29, 0.717) is 0 Å². The summed E-state index contributed by atoms with van der Waals surface area (Å²) in [6, 6.07) is -0.685. The normalized spacial score (nSPS) is 13.2. The van der Waals surface area contributed by atoms with Crippen LogP contribution in [-0.4, -0.2) is 17.6 Å². The van der Waals surface area contributed by atoms with E-state index < -0.39 is 11.6 Å².